The number of hydrogen-bond acceptors (Lipinski definition) is 2. The molecule has 0 bridgehead atoms. The van der Waals surface area contributed by atoms with Crippen LogP contribution in [-0.2, 0) is 0 Å². The zero-order valence-electron chi connectivity index (χ0n) is 5.94. The maximum Gasteiger partial charge on any atom is 0.166 e. The maximum atomic E-state index is 11.3. The molecule has 0 atom stereocenters. The second kappa shape index (κ2) is 4.47. The number of thiophene rings is 1. The van der Waals surface area contributed by atoms with Gasteiger partial charge in [0.25, 0.3) is 0 Å². The van der Waals surface area contributed by atoms with Crippen molar-refractivity contribution in [1.82, 2.24) is 0 Å². The minimum atomic E-state index is -0.0573. The molecule has 1 rings (SSSR count). The fourth-order valence-electron chi connectivity index (χ4n) is 0.751. The Hall–Kier alpha value is 0.240. The van der Waals surface area contributed by atoms with Gasteiger partial charge in [-0.1, -0.05) is 23.2 Å². The summed E-state index contributed by atoms with van der Waals surface area (Å²) in [7, 11) is 0. The Balaban J connectivity index is 2.87. The number of carbonyl (C=O) groups is 1. The van der Waals surface area contributed by atoms with E-state index in [4.69, 9.17) is 34.8 Å². The summed E-state index contributed by atoms with van der Waals surface area (Å²) in [4.78, 5) is 11.3. The SMILES string of the molecule is O=C(CCCl)c1cc(Cl)sc1Cl. The Morgan fingerprint density at radius 3 is 2.58 bits per heavy atom. The van der Waals surface area contributed by atoms with E-state index < -0.39 is 0 Å². The van der Waals surface area contributed by atoms with Crippen LogP contribution in [0.1, 0.15) is 16.8 Å². The second-order valence-corrected chi connectivity index (χ2v) is 4.76. The van der Waals surface area contributed by atoms with Crippen LogP contribution in [0.5, 0.6) is 0 Å². The summed E-state index contributed by atoms with van der Waals surface area (Å²) >= 11 is 18.0. The molecule has 0 radical (unpaired) electrons. The summed E-state index contributed by atoms with van der Waals surface area (Å²) in [6, 6.07) is 1.57. The number of ketones is 1. The standard InChI is InChI=1S/C7H5Cl3OS/c8-2-1-5(11)4-3-6(9)12-7(4)10/h3H,1-2H2. The lowest BCUT2D eigenvalue weighted by molar-refractivity contribution is 0.0990. The van der Waals surface area contributed by atoms with Gasteiger partial charge in [0.05, 0.1) is 4.34 Å². The Labute approximate surface area is 89.2 Å². The smallest absolute Gasteiger partial charge is 0.166 e. The summed E-state index contributed by atoms with van der Waals surface area (Å²) in [6.07, 6.45) is 0.300. The lowest BCUT2D eigenvalue weighted by atomic mass is 10.2. The zero-order valence-corrected chi connectivity index (χ0v) is 9.03. The molecular formula is C7H5Cl3OS. The fourth-order valence-corrected chi connectivity index (χ4v) is 2.42. The topological polar surface area (TPSA) is 17.1 Å². The number of hydrogen-bond donors (Lipinski definition) is 0. The molecule has 0 saturated heterocycles. The first-order valence-corrected chi connectivity index (χ1v) is 5.30. The van der Waals surface area contributed by atoms with E-state index in [1.807, 2.05) is 0 Å². The van der Waals surface area contributed by atoms with Crippen LogP contribution in [0.25, 0.3) is 0 Å². The van der Waals surface area contributed by atoms with Crippen molar-refractivity contribution in [1.29, 1.82) is 0 Å². The monoisotopic (exact) mass is 242 g/mol. The zero-order chi connectivity index (χ0) is 9.14. The van der Waals surface area contributed by atoms with Gasteiger partial charge in [-0.2, -0.15) is 0 Å². The summed E-state index contributed by atoms with van der Waals surface area (Å²) < 4.78 is 0.966. The minimum Gasteiger partial charge on any atom is -0.294 e. The van der Waals surface area contributed by atoms with Crippen molar-refractivity contribution < 1.29 is 4.79 Å². The molecule has 0 aliphatic rings. The number of alkyl halides is 1. The number of rotatable bonds is 3. The Bertz CT molecular complexity index is 295. The average molecular weight is 244 g/mol. The molecule has 12 heavy (non-hydrogen) atoms. The van der Waals surface area contributed by atoms with Crippen LogP contribution in [0.3, 0.4) is 0 Å². The van der Waals surface area contributed by atoms with E-state index >= 15 is 0 Å². The van der Waals surface area contributed by atoms with Gasteiger partial charge in [0.1, 0.15) is 4.34 Å². The highest BCUT2D eigenvalue weighted by Gasteiger charge is 2.12. The van der Waals surface area contributed by atoms with Crippen molar-refractivity contribution in [2.24, 2.45) is 0 Å². The van der Waals surface area contributed by atoms with Gasteiger partial charge in [-0.05, 0) is 6.07 Å². The molecule has 0 aliphatic heterocycles. The second-order valence-electron chi connectivity index (χ2n) is 2.10. The van der Waals surface area contributed by atoms with Crippen LogP contribution < -0.4 is 0 Å². The molecule has 5 heteroatoms. The number of Topliss-reactive ketones (excluding diaryl/α,β-unsaturated/α-hetero) is 1. The highest BCUT2D eigenvalue weighted by Crippen LogP contribution is 2.31. The fraction of sp³-hybridized carbons (Fsp3) is 0.286. The average Bonchev–Trinajstić information content (AvgIpc) is 2.30. The summed E-state index contributed by atoms with van der Waals surface area (Å²) in [5, 5.41) is 0. The van der Waals surface area contributed by atoms with E-state index in [-0.39, 0.29) is 5.78 Å². The summed E-state index contributed by atoms with van der Waals surface area (Å²) in [5.74, 6) is 0.251. The first kappa shape index (κ1) is 10.3. The highest BCUT2D eigenvalue weighted by molar-refractivity contribution is 7.20. The van der Waals surface area contributed by atoms with E-state index in [0.717, 1.165) is 0 Å². The molecule has 0 aromatic carbocycles. The largest absolute Gasteiger partial charge is 0.294 e. The lowest BCUT2D eigenvalue weighted by Gasteiger charge is -1.93. The first-order valence-electron chi connectivity index (χ1n) is 3.19. The van der Waals surface area contributed by atoms with Gasteiger partial charge in [0.2, 0.25) is 0 Å². The first-order chi connectivity index (χ1) is 5.65. The normalized spacial score (nSPS) is 10.2. The molecule has 0 fully saturated rings. The van der Waals surface area contributed by atoms with Crippen LogP contribution in [0.15, 0.2) is 6.07 Å². The van der Waals surface area contributed by atoms with Crippen LogP contribution in [0.2, 0.25) is 8.67 Å². The number of carbonyl (C=O) groups excluding carboxylic acids is 1. The van der Waals surface area contributed by atoms with Gasteiger partial charge in [-0.15, -0.1) is 22.9 Å². The number of halogens is 3. The molecule has 66 valence electrons. The third-order valence-corrected chi connectivity index (χ3v) is 2.96. The molecule has 0 unspecified atom stereocenters. The predicted octanol–water partition coefficient (Wildman–Crippen LogP) is 3.87. The van der Waals surface area contributed by atoms with Crippen molar-refractivity contribution in [2.45, 2.75) is 6.42 Å². The van der Waals surface area contributed by atoms with Crippen molar-refractivity contribution in [3.05, 3.63) is 20.3 Å². The van der Waals surface area contributed by atoms with Gasteiger partial charge < -0.3 is 0 Å². The maximum absolute atomic E-state index is 11.3. The molecule has 0 saturated carbocycles. The summed E-state index contributed by atoms with van der Waals surface area (Å²) in [5.41, 5.74) is 0.479. The van der Waals surface area contributed by atoms with Crippen molar-refractivity contribution >= 4 is 51.9 Å². The molecule has 0 spiro atoms. The van der Waals surface area contributed by atoms with E-state index in [0.29, 0.717) is 26.5 Å². The molecule has 0 amide bonds. The van der Waals surface area contributed by atoms with Crippen molar-refractivity contribution in [3.8, 4) is 0 Å². The molecular weight excluding hydrogens is 239 g/mol. The van der Waals surface area contributed by atoms with E-state index in [1.165, 1.54) is 11.3 Å². The van der Waals surface area contributed by atoms with Crippen LogP contribution in [0.4, 0.5) is 0 Å². The molecule has 1 aromatic rings. The lowest BCUT2D eigenvalue weighted by Crippen LogP contribution is -1.97. The predicted molar refractivity (Wildman–Crippen MR) is 54.0 cm³/mol. The van der Waals surface area contributed by atoms with Crippen LogP contribution >= 0.6 is 46.1 Å². The Morgan fingerprint density at radius 1 is 1.50 bits per heavy atom. The Morgan fingerprint density at radius 2 is 2.17 bits per heavy atom. The van der Waals surface area contributed by atoms with Gasteiger partial charge >= 0.3 is 0 Å². The van der Waals surface area contributed by atoms with Gasteiger partial charge in [-0.25, -0.2) is 0 Å². The molecule has 0 aliphatic carbocycles. The third kappa shape index (κ3) is 2.36. The molecule has 1 aromatic heterocycles. The van der Waals surface area contributed by atoms with Gasteiger partial charge in [0.15, 0.2) is 5.78 Å². The molecule has 1 nitrogen and oxygen atoms in total. The highest BCUT2D eigenvalue weighted by atomic mass is 35.5. The van der Waals surface area contributed by atoms with Crippen molar-refractivity contribution in [2.75, 3.05) is 5.88 Å². The van der Waals surface area contributed by atoms with Crippen molar-refractivity contribution in [3.63, 3.8) is 0 Å². The van der Waals surface area contributed by atoms with Crippen LogP contribution in [0, 0.1) is 0 Å². The minimum absolute atomic E-state index is 0.0573. The molecule has 1 heterocycles. The molecule has 0 N–H and O–H groups in total. The summed E-state index contributed by atoms with van der Waals surface area (Å²) in [6.45, 7) is 0. The van der Waals surface area contributed by atoms with Crippen LogP contribution in [-0.4, -0.2) is 11.7 Å². The van der Waals surface area contributed by atoms with E-state index in [1.54, 1.807) is 6.07 Å². The van der Waals surface area contributed by atoms with E-state index in [9.17, 15) is 4.79 Å². The third-order valence-electron chi connectivity index (χ3n) is 1.28. The van der Waals surface area contributed by atoms with Gasteiger partial charge in [0, 0.05) is 17.9 Å². The Kier molecular flexibility index (Phi) is 3.84. The van der Waals surface area contributed by atoms with E-state index in [2.05, 4.69) is 0 Å². The van der Waals surface area contributed by atoms with Gasteiger partial charge in [-0.3, -0.25) is 4.79 Å². The quantitative estimate of drug-likeness (QED) is 0.582.